The van der Waals surface area contributed by atoms with Crippen LogP contribution in [0.1, 0.15) is 12.5 Å². The van der Waals surface area contributed by atoms with Crippen molar-refractivity contribution in [3.8, 4) is 0 Å². The molecule has 0 heterocycles. The van der Waals surface area contributed by atoms with Crippen LogP contribution in [0.25, 0.3) is 0 Å². The molecular weight excluding hydrogens is 208 g/mol. The van der Waals surface area contributed by atoms with Gasteiger partial charge in [-0.25, -0.2) is 0 Å². The van der Waals surface area contributed by atoms with E-state index < -0.39 is 0 Å². The molecular formula is C12H16O2S. The molecule has 1 aromatic carbocycles. The quantitative estimate of drug-likeness (QED) is 0.581. The van der Waals surface area contributed by atoms with E-state index >= 15 is 0 Å². The fraction of sp³-hybridized carbons (Fsp3) is 0.417. The third-order valence-electron chi connectivity index (χ3n) is 2.09. The average molecular weight is 224 g/mol. The van der Waals surface area contributed by atoms with Crippen molar-refractivity contribution in [1.29, 1.82) is 0 Å². The Morgan fingerprint density at radius 1 is 1.53 bits per heavy atom. The van der Waals surface area contributed by atoms with Crippen molar-refractivity contribution in [2.45, 2.75) is 18.7 Å². The Hall–Kier alpha value is -0.960. The average Bonchev–Trinajstić information content (AvgIpc) is 2.25. The molecule has 0 saturated carbocycles. The molecule has 0 radical (unpaired) electrons. The molecule has 3 heteroatoms. The van der Waals surface area contributed by atoms with Crippen molar-refractivity contribution in [3.05, 3.63) is 29.8 Å². The van der Waals surface area contributed by atoms with E-state index in [1.165, 1.54) is 17.6 Å². The van der Waals surface area contributed by atoms with Crippen LogP contribution in [0.3, 0.4) is 0 Å². The molecule has 0 bridgehead atoms. The molecule has 0 saturated heterocycles. The summed E-state index contributed by atoms with van der Waals surface area (Å²) in [7, 11) is 1.43. The van der Waals surface area contributed by atoms with Gasteiger partial charge in [-0.15, -0.1) is 11.8 Å². The van der Waals surface area contributed by atoms with Gasteiger partial charge in [-0.1, -0.05) is 24.6 Å². The summed E-state index contributed by atoms with van der Waals surface area (Å²) in [4.78, 5) is 12.4. The van der Waals surface area contributed by atoms with Crippen LogP contribution < -0.4 is 0 Å². The van der Waals surface area contributed by atoms with Gasteiger partial charge >= 0.3 is 5.97 Å². The third kappa shape index (κ3) is 3.96. The monoisotopic (exact) mass is 224 g/mol. The molecule has 2 nitrogen and oxygen atoms in total. The fourth-order valence-electron chi connectivity index (χ4n) is 1.20. The molecule has 0 aliphatic rings. The van der Waals surface area contributed by atoms with Crippen LogP contribution in [0.5, 0.6) is 0 Å². The van der Waals surface area contributed by atoms with Crippen LogP contribution in [0, 0.1) is 12.8 Å². The normalized spacial score (nSPS) is 12.2. The zero-order valence-corrected chi connectivity index (χ0v) is 10.1. The number of ether oxygens (including phenoxy) is 1. The standard InChI is InChI=1S/C12H16O2S/c1-9-5-4-6-11(7-9)15-8-10(2)12(13)14-3/h4-7,10H,8H2,1-3H3. The maximum absolute atomic E-state index is 11.2. The summed E-state index contributed by atoms with van der Waals surface area (Å²) < 4.78 is 4.67. The van der Waals surface area contributed by atoms with E-state index in [1.807, 2.05) is 13.0 Å². The van der Waals surface area contributed by atoms with Gasteiger partial charge in [-0.3, -0.25) is 4.79 Å². The van der Waals surface area contributed by atoms with Crippen LogP contribution in [-0.4, -0.2) is 18.8 Å². The van der Waals surface area contributed by atoms with E-state index in [1.54, 1.807) is 11.8 Å². The molecule has 82 valence electrons. The highest BCUT2D eigenvalue weighted by Crippen LogP contribution is 2.21. The largest absolute Gasteiger partial charge is 0.469 e. The van der Waals surface area contributed by atoms with Crippen LogP contribution >= 0.6 is 11.8 Å². The lowest BCUT2D eigenvalue weighted by Gasteiger charge is -2.08. The summed E-state index contributed by atoms with van der Waals surface area (Å²) in [5.74, 6) is 0.562. The van der Waals surface area contributed by atoms with E-state index in [4.69, 9.17) is 0 Å². The molecule has 0 spiro atoms. The van der Waals surface area contributed by atoms with Crippen molar-refractivity contribution < 1.29 is 9.53 Å². The molecule has 0 fully saturated rings. The summed E-state index contributed by atoms with van der Waals surface area (Å²) in [6, 6.07) is 8.27. The molecule has 15 heavy (non-hydrogen) atoms. The number of benzene rings is 1. The number of rotatable bonds is 4. The first kappa shape index (κ1) is 12.1. The molecule has 0 aromatic heterocycles. The first-order valence-electron chi connectivity index (χ1n) is 4.90. The van der Waals surface area contributed by atoms with Crippen LogP contribution in [0.15, 0.2) is 29.2 Å². The SMILES string of the molecule is COC(=O)C(C)CSc1cccc(C)c1. The maximum atomic E-state index is 11.2. The maximum Gasteiger partial charge on any atom is 0.309 e. The van der Waals surface area contributed by atoms with Gasteiger partial charge < -0.3 is 4.74 Å². The minimum absolute atomic E-state index is 0.0551. The van der Waals surface area contributed by atoms with Crippen molar-refractivity contribution in [2.24, 2.45) is 5.92 Å². The lowest BCUT2D eigenvalue weighted by Crippen LogP contribution is -2.14. The first-order valence-corrected chi connectivity index (χ1v) is 5.89. The number of hydrogen-bond acceptors (Lipinski definition) is 3. The van der Waals surface area contributed by atoms with E-state index in [0.717, 1.165) is 5.75 Å². The Morgan fingerprint density at radius 2 is 2.27 bits per heavy atom. The highest BCUT2D eigenvalue weighted by molar-refractivity contribution is 7.99. The summed E-state index contributed by atoms with van der Waals surface area (Å²) in [5, 5.41) is 0. The number of methoxy groups -OCH3 is 1. The van der Waals surface area contributed by atoms with Crippen LogP contribution in [0.4, 0.5) is 0 Å². The minimum atomic E-state index is -0.143. The lowest BCUT2D eigenvalue weighted by atomic mass is 10.2. The van der Waals surface area contributed by atoms with E-state index in [2.05, 4.69) is 29.9 Å². The Morgan fingerprint density at radius 3 is 2.87 bits per heavy atom. The lowest BCUT2D eigenvalue weighted by molar-refractivity contribution is -0.143. The highest BCUT2D eigenvalue weighted by Gasteiger charge is 2.12. The van der Waals surface area contributed by atoms with Gasteiger partial charge in [-0.05, 0) is 19.1 Å². The summed E-state index contributed by atoms with van der Waals surface area (Å²) >= 11 is 1.69. The fourth-order valence-corrected chi connectivity index (χ4v) is 2.22. The van der Waals surface area contributed by atoms with Gasteiger partial charge in [0.25, 0.3) is 0 Å². The van der Waals surface area contributed by atoms with Crippen molar-refractivity contribution in [3.63, 3.8) is 0 Å². The molecule has 1 unspecified atom stereocenters. The molecule has 0 aliphatic heterocycles. The van der Waals surface area contributed by atoms with Gasteiger partial charge in [0.1, 0.15) is 0 Å². The Kier molecular flexibility index (Phi) is 4.69. The van der Waals surface area contributed by atoms with Crippen molar-refractivity contribution in [1.82, 2.24) is 0 Å². The Labute approximate surface area is 95.0 Å². The molecule has 1 aromatic rings. The first-order chi connectivity index (χ1) is 7.13. The van der Waals surface area contributed by atoms with E-state index in [0.29, 0.717) is 0 Å². The van der Waals surface area contributed by atoms with Gasteiger partial charge in [0, 0.05) is 10.6 Å². The Bertz CT molecular complexity index is 336. The van der Waals surface area contributed by atoms with Crippen molar-refractivity contribution >= 4 is 17.7 Å². The van der Waals surface area contributed by atoms with Crippen LogP contribution in [0.2, 0.25) is 0 Å². The van der Waals surface area contributed by atoms with E-state index in [-0.39, 0.29) is 11.9 Å². The topological polar surface area (TPSA) is 26.3 Å². The summed E-state index contributed by atoms with van der Waals surface area (Å²) in [6.45, 7) is 3.95. The second-order valence-electron chi connectivity index (χ2n) is 3.55. The zero-order chi connectivity index (χ0) is 11.3. The predicted molar refractivity (Wildman–Crippen MR) is 63.1 cm³/mol. The Balaban J connectivity index is 2.47. The molecule has 1 atom stereocenters. The highest BCUT2D eigenvalue weighted by atomic mass is 32.2. The number of carbonyl (C=O) groups excluding carboxylic acids is 1. The van der Waals surface area contributed by atoms with Crippen molar-refractivity contribution in [2.75, 3.05) is 12.9 Å². The minimum Gasteiger partial charge on any atom is -0.469 e. The third-order valence-corrected chi connectivity index (χ3v) is 3.35. The van der Waals surface area contributed by atoms with E-state index in [9.17, 15) is 4.79 Å². The summed E-state index contributed by atoms with van der Waals surface area (Å²) in [6.07, 6.45) is 0. The number of aryl methyl sites for hydroxylation is 1. The number of carbonyl (C=O) groups is 1. The summed E-state index contributed by atoms with van der Waals surface area (Å²) in [5.41, 5.74) is 1.24. The molecule has 0 N–H and O–H groups in total. The number of thioether (sulfide) groups is 1. The van der Waals surface area contributed by atoms with Gasteiger partial charge in [0.05, 0.1) is 13.0 Å². The molecule has 0 amide bonds. The number of esters is 1. The van der Waals surface area contributed by atoms with Gasteiger partial charge in [0.2, 0.25) is 0 Å². The predicted octanol–water partition coefficient (Wildman–Crippen LogP) is 2.90. The second kappa shape index (κ2) is 5.81. The smallest absolute Gasteiger partial charge is 0.309 e. The zero-order valence-electron chi connectivity index (χ0n) is 9.32. The number of hydrogen-bond donors (Lipinski definition) is 0. The van der Waals surface area contributed by atoms with Crippen LogP contribution in [-0.2, 0) is 9.53 Å². The molecule has 1 rings (SSSR count). The molecule has 0 aliphatic carbocycles. The van der Waals surface area contributed by atoms with Gasteiger partial charge in [0.15, 0.2) is 0 Å². The second-order valence-corrected chi connectivity index (χ2v) is 4.65. The van der Waals surface area contributed by atoms with Gasteiger partial charge in [-0.2, -0.15) is 0 Å².